The van der Waals surface area contributed by atoms with E-state index in [-0.39, 0.29) is 17.8 Å². The molecular weight excluding hydrogens is 254 g/mol. The molecule has 0 spiro atoms. The van der Waals surface area contributed by atoms with Gasteiger partial charge in [-0.05, 0) is 24.3 Å². The first-order valence-corrected chi connectivity index (χ1v) is 6.85. The van der Waals surface area contributed by atoms with Gasteiger partial charge in [0.15, 0.2) is 0 Å². The number of aliphatic hydroxyl groups excluding tert-OH is 1. The van der Waals surface area contributed by atoms with Crippen LogP contribution in [0.1, 0.15) is 23.2 Å². The van der Waals surface area contributed by atoms with Gasteiger partial charge in [-0.1, -0.05) is 30.3 Å². The number of amides is 1. The number of carbonyl (C=O) groups is 1. The monoisotopic (exact) mass is 271 g/mol. The van der Waals surface area contributed by atoms with Crippen molar-refractivity contribution in [3.63, 3.8) is 0 Å². The van der Waals surface area contributed by atoms with E-state index in [1.165, 1.54) is 0 Å². The van der Waals surface area contributed by atoms with Gasteiger partial charge in [-0.15, -0.1) is 0 Å². The van der Waals surface area contributed by atoms with E-state index in [2.05, 4.69) is 0 Å². The molecule has 4 heteroatoms. The summed E-state index contributed by atoms with van der Waals surface area (Å²) in [6, 6.07) is 11.0. The van der Waals surface area contributed by atoms with Gasteiger partial charge in [-0.3, -0.25) is 4.79 Å². The van der Waals surface area contributed by atoms with Crippen LogP contribution in [-0.2, 0) is 0 Å². The minimum absolute atomic E-state index is 0.0409. The molecule has 3 rings (SSSR count). The van der Waals surface area contributed by atoms with Gasteiger partial charge in [0.25, 0.3) is 5.91 Å². The number of nitrogens with zero attached hydrogens (tertiary/aromatic N) is 1. The van der Waals surface area contributed by atoms with Gasteiger partial charge in [-0.2, -0.15) is 0 Å². The van der Waals surface area contributed by atoms with Gasteiger partial charge in [0.05, 0.1) is 11.7 Å². The van der Waals surface area contributed by atoms with Crippen molar-refractivity contribution in [2.45, 2.75) is 18.9 Å². The molecule has 2 aromatic carbocycles. The molecule has 0 unspecified atom stereocenters. The highest BCUT2D eigenvalue weighted by Crippen LogP contribution is 2.30. The van der Waals surface area contributed by atoms with E-state index in [4.69, 9.17) is 0 Å². The second-order valence-corrected chi connectivity index (χ2v) is 5.21. The number of benzene rings is 2. The second-order valence-electron chi connectivity index (χ2n) is 5.21. The fourth-order valence-corrected chi connectivity index (χ4v) is 2.67. The molecule has 0 aromatic heterocycles. The van der Waals surface area contributed by atoms with Crippen molar-refractivity contribution in [2.24, 2.45) is 0 Å². The number of phenolic OH excluding ortho intramolecular Hbond substituents is 1. The van der Waals surface area contributed by atoms with Crippen LogP contribution < -0.4 is 0 Å². The SMILES string of the molecule is O=C(c1ccc2ccccc2c1O)N1CCC(O)CC1. The Balaban J connectivity index is 1.94. The van der Waals surface area contributed by atoms with E-state index in [1.54, 1.807) is 17.0 Å². The average Bonchev–Trinajstić information content (AvgIpc) is 2.48. The first kappa shape index (κ1) is 12.9. The fraction of sp³-hybridized carbons (Fsp3) is 0.312. The lowest BCUT2D eigenvalue weighted by Crippen LogP contribution is -2.40. The lowest BCUT2D eigenvalue weighted by molar-refractivity contribution is 0.0544. The number of carbonyl (C=O) groups excluding carboxylic acids is 1. The maximum absolute atomic E-state index is 12.5. The molecule has 1 fully saturated rings. The fourth-order valence-electron chi connectivity index (χ4n) is 2.67. The normalized spacial score (nSPS) is 16.6. The lowest BCUT2D eigenvalue weighted by atomic mass is 10.0. The van der Waals surface area contributed by atoms with Crippen molar-refractivity contribution in [1.29, 1.82) is 0 Å². The summed E-state index contributed by atoms with van der Waals surface area (Å²) in [5.41, 5.74) is 0.333. The molecule has 20 heavy (non-hydrogen) atoms. The largest absolute Gasteiger partial charge is 0.506 e. The molecule has 2 N–H and O–H groups in total. The smallest absolute Gasteiger partial charge is 0.257 e. The summed E-state index contributed by atoms with van der Waals surface area (Å²) in [7, 11) is 0. The summed E-state index contributed by atoms with van der Waals surface area (Å²) in [4.78, 5) is 14.1. The predicted molar refractivity (Wildman–Crippen MR) is 76.8 cm³/mol. The highest BCUT2D eigenvalue weighted by molar-refractivity contribution is 6.03. The zero-order chi connectivity index (χ0) is 14.1. The minimum atomic E-state index is -0.316. The molecule has 1 aliphatic rings. The number of piperidine rings is 1. The van der Waals surface area contributed by atoms with Crippen molar-refractivity contribution in [2.75, 3.05) is 13.1 Å². The van der Waals surface area contributed by atoms with Gasteiger partial charge in [0, 0.05) is 18.5 Å². The highest BCUT2D eigenvalue weighted by Gasteiger charge is 2.24. The minimum Gasteiger partial charge on any atom is -0.506 e. The molecular formula is C16H17NO3. The van der Waals surface area contributed by atoms with Crippen molar-refractivity contribution < 1.29 is 15.0 Å². The Kier molecular flexibility index (Phi) is 3.32. The van der Waals surface area contributed by atoms with Crippen LogP contribution >= 0.6 is 0 Å². The topological polar surface area (TPSA) is 60.8 Å². The van der Waals surface area contributed by atoms with E-state index in [0.29, 0.717) is 36.9 Å². The van der Waals surface area contributed by atoms with Crippen molar-refractivity contribution in [1.82, 2.24) is 4.90 Å². The van der Waals surface area contributed by atoms with Gasteiger partial charge in [0.1, 0.15) is 5.75 Å². The average molecular weight is 271 g/mol. The number of likely N-dealkylation sites (tertiary alicyclic amines) is 1. The standard InChI is InChI=1S/C16H17NO3/c18-12-7-9-17(10-8-12)16(20)14-6-5-11-3-1-2-4-13(11)15(14)19/h1-6,12,18-19H,7-10H2. The van der Waals surface area contributed by atoms with Crippen LogP contribution in [0.25, 0.3) is 10.8 Å². The van der Waals surface area contributed by atoms with Crippen LogP contribution in [0.5, 0.6) is 5.75 Å². The molecule has 0 bridgehead atoms. The molecule has 4 nitrogen and oxygen atoms in total. The maximum atomic E-state index is 12.5. The Morgan fingerprint density at radius 2 is 1.80 bits per heavy atom. The number of rotatable bonds is 1. The molecule has 1 heterocycles. The first-order chi connectivity index (χ1) is 9.66. The summed E-state index contributed by atoms with van der Waals surface area (Å²) in [6.07, 6.45) is 0.879. The highest BCUT2D eigenvalue weighted by atomic mass is 16.3. The van der Waals surface area contributed by atoms with Gasteiger partial charge in [-0.25, -0.2) is 0 Å². The number of hydrogen-bond acceptors (Lipinski definition) is 3. The third-order valence-electron chi connectivity index (χ3n) is 3.88. The van der Waals surface area contributed by atoms with Crippen molar-refractivity contribution in [3.8, 4) is 5.75 Å². The number of fused-ring (bicyclic) bond motifs is 1. The molecule has 0 aliphatic carbocycles. The predicted octanol–water partition coefficient (Wildman–Crippen LogP) is 2.14. The second kappa shape index (κ2) is 5.13. The Bertz CT molecular complexity index is 645. The summed E-state index contributed by atoms with van der Waals surface area (Å²) in [5, 5.41) is 21.4. The van der Waals surface area contributed by atoms with Crippen LogP contribution in [0, 0.1) is 0 Å². The van der Waals surface area contributed by atoms with E-state index in [1.807, 2.05) is 24.3 Å². The third-order valence-corrected chi connectivity index (χ3v) is 3.88. The Hall–Kier alpha value is -2.07. The van der Waals surface area contributed by atoms with Crippen molar-refractivity contribution >= 4 is 16.7 Å². The molecule has 2 aromatic rings. The quantitative estimate of drug-likeness (QED) is 0.835. The molecule has 0 radical (unpaired) electrons. The van der Waals surface area contributed by atoms with Crippen LogP contribution in [0.15, 0.2) is 36.4 Å². The molecule has 0 saturated carbocycles. The molecule has 104 valence electrons. The Labute approximate surface area is 117 Å². The zero-order valence-electron chi connectivity index (χ0n) is 11.1. The molecule has 1 saturated heterocycles. The van der Waals surface area contributed by atoms with Gasteiger partial charge in [0.2, 0.25) is 0 Å². The number of aliphatic hydroxyl groups is 1. The Morgan fingerprint density at radius 1 is 1.10 bits per heavy atom. The van der Waals surface area contributed by atoms with E-state index >= 15 is 0 Å². The molecule has 1 amide bonds. The van der Waals surface area contributed by atoms with Gasteiger partial charge < -0.3 is 15.1 Å². The lowest BCUT2D eigenvalue weighted by Gasteiger charge is -2.29. The third kappa shape index (κ3) is 2.23. The number of phenols is 1. The maximum Gasteiger partial charge on any atom is 0.257 e. The van der Waals surface area contributed by atoms with E-state index < -0.39 is 0 Å². The van der Waals surface area contributed by atoms with Crippen LogP contribution in [0.3, 0.4) is 0 Å². The van der Waals surface area contributed by atoms with E-state index in [0.717, 1.165) is 5.39 Å². The summed E-state index contributed by atoms with van der Waals surface area (Å²) in [6.45, 7) is 1.07. The summed E-state index contributed by atoms with van der Waals surface area (Å²) >= 11 is 0. The number of hydrogen-bond donors (Lipinski definition) is 2. The van der Waals surface area contributed by atoms with E-state index in [9.17, 15) is 15.0 Å². The van der Waals surface area contributed by atoms with Gasteiger partial charge >= 0.3 is 0 Å². The van der Waals surface area contributed by atoms with Crippen LogP contribution in [0.2, 0.25) is 0 Å². The zero-order valence-corrected chi connectivity index (χ0v) is 11.1. The molecule has 1 aliphatic heterocycles. The Morgan fingerprint density at radius 3 is 2.55 bits per heavy atom. The summed E-state index contributed by atoms with van der Waals surface area (Å²) in [5.74, 6) is -0.126. The summed E-state index contributed by atoms with van der Waals surface area (Å²) < 4.78 is 0. The molecule has 0 atom stereocenters. The van der Waals surface area contributed by atoms with Crippen LogP contribution in [-0.4, -0.2) is 40.2 Å². The number of aromatic hydroxyl groups is 1. The van der Waals surface area contributed by atoms with Crippen molar-refractivity contribution in [3.05, 3.63) is 42.0 Å². The van der Waals surface area contributed by atoms with Crippen LogP contribution in [0.4, 0.5) is 0 Å². The first-order valence-electron chi connectivity index (χ1n) is 6.85.